The van der Waals surface area contributed by atoms with Crippen LogP contribution in [-0.4, -0.2) is 16.0 Å². The summed E-state index contributed by atoms with van der Waals surface area (Å²) < 4.78 is 0.220. The standard InChI is InChI=1S/C17H19IN2O/c1-13(18)19-16(12-14-8-4-2-5-9-14)17(21)20-15-10-6-3-7-11-15/h2-11,13,16,19H,12H2,1H3,(H,20,21). The van der Waals surface area contributed by atoms with Crippen molar-refractivity contribution in [3.63, 3.8) is 0 Å². The van der Waals surface area contributed by atoms with Crippen molar-refractivity contribution in [3.05, 3.63) is 66.2 Å². The molecule has 0 saturated carbocycles. The van der Waals surface area contributed by atoms with Gasteiger partial charge in [-0.05, 0) is 31.0 Å². The van der Waals surface area contributed by atoms with Crippen LogP contribution < -0.4 is 10.6 Å². The van der Waals surface area contributed by atoms with Gasteiger partial charge >= 0.3 is 0 Å². The largest absolute Gasteiger partial charge is 0.325 e. The predicted molar refractivity (Wildman–Crippen MR) is 95.6 cm³/mol. The minimum absolute atomic E-state index is 0.00595. The zero-order valence-electron chi connectivity index (χ0n) is 11.9. The molecular weight excluding hydrogens is 375 g/mol. The molecule has 2 N–H and O–H groups in total. The maximum Gasteiger partial charge on any atom is 0.241 e. The molecule has 2 aromatic carbocycles. The lowest BCUT2D eigenvalue weighted by Crippen LogP contribution is -2.44. The number of alkyl halides is 1. The van der Waals surface area contributed by atoms with Gasteiger partial charge in [-0.3, -0.25) is 10.1 Å². The van der Waals surface area contributed by atoms with Gasteiger partial charge in [-0.15, -0.1) is 0 Å². The van der Waals surface area contributed by atoms with E-state index in [4.69, 9.17) is 0 Å². The second-order valence-electron chi connectivity index (χ2n) is 4.88. The van der Waals surface area contributed by atoms with E-state index in [1.54, 1.807) is 0 Å². The number of nitrogens with one attached hydrogen (secondary N) is 2. The molecule has 0 aliphatic carbocycles. The van der Waals surface area contributed by atoms with Crippen molar-refractivity contribution >= 4 is 34.2 Å². The van der Waals surface area contributed by atoms with Gasteiger partial charge in [0.2, 0.25) is 5.91 Å². The van der Waals surface area contributed by atoms with E-state index in [1.165, 1.54) is 0 Å². The topological polar surface area (TPSA) is 41.1 Å². The van der Waals surface area contributed by atoms with Crippen molar-refractivity contribution in [3.8, 4) is 0 Å². The van der Waals surface area contributed by atoms with Crippen molar-refractivity contribution in [2.24, 2.45) is 0 Å². The molecule has 0 radical (unpaired) electrons. The Morgan fingerprint density at radius 3 is 2.19 bits per heavy atom. The Balaban J connectivity index is 2.06. The second-order valence-corrected chi connectivity index (χ2v) is 6.75. The number of amides is 1. The Labute approximate surface area is 139 Å². The van der Waals surface area contributed by atoms with Crippen molar-refractivity contribution < 1.29 is 4.79 Å². The maximum atomic E-state index is 12.5. The van der Waals surface area contributed by atoms with Gasteiger partial charge in [0, 0.05) is 5.69 Å². The number of carbonyl (C=O) groups is 1. The van der Waals surface area contributed by atoms with E-state index in [2.05, 4.69) is 33.2 Å². The maximum absolute atomic E-state index is 12.5. The van der Waals surface area contributed by atoms with E-state index in [1.807, 2.05) is 67.6 Å². The number of rotatable bonds is 6. The molecule has 0 aliphatic heterocycles. The van der Waals surface area contributed by atoms with Gasteiger partial charge in [-0.1, -0.05) is 71.1 Å². The van der Waals surface area contributed by atoms with E-state index in [0.717, 1.165) is 11.3 Å². The molecule has 4 heteroatoms. The summed E-state index contributed by atoms with van der Waals surface area (Å²) >= 11 is 2.27. The van der Waals surface area contributed by atoms with Crippen molar-refractivity contribution in [2.45, 2.75) is 23.4 Å². The van der Waals surface area contributed by atoms with Crippen LogP contribution in [0.25, 0.3) is 0 Å². The molecule has 0 heterocycles. The lowest BCUT2D eigenvalue weighted by atomic mass is 10.1. The summed E-state index contributed by atoms with van der Waals surface area (Å²) in [6.45, 7) is 2.04. The van der Waals surface area contributed by atoms with Gasteiger partial charge in [-0.25, -0.2) is 0 Å². The summed E-state index contributed by atoms with van der Waals surface area (Å²) in [5.41, 5.74) is 1.97. The van der Waals surface area contributed by atoms with Crippen LogP contribution in [0.2, 0.25) is 0 Å². The number of halogens is 1. The van der Waals surface area contributed by atoms with Crippen LogP contribution in [0.15, 0.2) is 60.7 Å². The molecule has 2 unspecified atom stereocenters. The Hall–Kier alpha value is -1.40. The molecule has 0 aliphatic rings. The molecule has 2 aromatic rings. The van der Waals surface area contributed by atoms with E-state index < -0.39 is 0 Å². The van der Waals surface area contributed by atoms with Crippen molar-refractivity contribution in [2.75, 3.05) is 5.32 Å². The van der Waals surface area contributed by atoms with Gasteiger partial charge < -0.3 is 5.32 Å². The first kappa shape index (κ1) is 16.0. The third kappa shape index (κ3) is 5.47. The van der Waals surface area contributed by atoms with E-state index in [9.17, 15) is 4.79 Å². The number of anilines is 1. The van der Waals surface area contributed by atoms with Gasteiger partial charge in [0.05, 0.1) is 10.1 Å². The first-order valence-corrected chi connectivity index (χ1v) is 8.19. The molecule has 3 nitrogen and oxygen atoms in total. The summed E-state index contributed by atoms with van der Waals surface area (Å²) in [5, 5.41) is 6.29. The first-order chi connectivity index (χ1) is 10.1. The van der Waals surface area contributed by atoms with Crippen LogP contribution in [-0.2, 0) is 11.2 Å². The van der Waals surface area contributed by atoms with Crippen LogP contribution in [0.5, 0.6) is 0 Å². The summed E-state index contributed by atoms with van der Waals surface area (Å²) in [7, 11) is 0. The Kier molecular flexibility index (Phi) is 6.20. The second kappa shape index (κ2) is 8.14. The average molecular weight is 394 g/mol. The Morgan fingerprint density at radius 1 is 1.05 bits per heavy atom. The molecule has 1 amide bonds. The molecule has 110 valence electrons. The SMILES string of the molecule is CC(I)NC(Cc1ccccc1)C(=O)Nc1ccccc1. The molecule has 0 spiro atoms. The summed E-state index contributed by atoms with van der Waals surface area (Å²) in [4.78, 5) is 12.5. The quantitative estimate of drug-likeness (QED) is 0.447. The van der Waals surface area contributed by atoms with Gasteiger partial charge in [0.15, 0.2) is 0 Å². The first-order valence-electron chi connectivity index (χ1n) is 6.95. The number of hydrogen-bond acceptors (Lipinski definition) is 2. The van der Waals surface area contributed by atoms with Crippen molar-refractivity contribution in [1.29, 1.82) is 0 Å². The molecule has 0 saturated heterocycles. The molecule has 0 aromatic heterocycles. The lowest BCUT2D eigenvalue weighted by molar-refractivity contribution is -0.118. The van der Waals surface area contributed by atoms with Gasteiger partial charge in [0.1, 0.15) is 0 Å². The number of hydrogen-bond donors (Lipinski definition) is 2. The number of benzene rings is 2. The molecule has 2 rings (SSSR count). The number of carbonyl (C=O) groups excluding carboxylic acids is 1. The van der Waals surface area contributed by atoms with Gasteiger partial charge in [0.25, 0.3) is 0 Å². The Bertz CT molecular complexity index is 558. The lowest BCUT2D eigenvalue weighted by Gasteiger charge is -2.20. The summed E-state index contributed by atoms with van der Waals surface area (Å²) in [6.07, 6.45) is 0.673. The summed E-state index contributed by atoms with van der Waals surface area (Å²) in [5.74, 6) is -0.00595. The predicted octanol–water partition coefficient (Wildman–Crippen LogP) is 3.61. The summed E-state index contributed by atoms with van der Waals surface area (Å²) in [6, 6.07) is 19.4. The van der Waals surface area contributed by atoms with Gasteiger partial charge in [-0.2, -0.15) is 0 Å². The molecular formula is C17H19IN2O. The highest BCUT2D eigenvalue weighted by Gasteiger charge is 2.20. The van der Waals surface area contributed by atoms with E-state index in [-0.39, 0.29) is 16.0 Å². The highest BCUT2D eigenvalue weighted by molar-refractivity contribution is 14.1. The number of para-hydroxylation sites is 1. The van der Waals surface area contributed by atoms with Crippen LogP contribution >= 0.6 is 22.6 Å². The fourth-order valence-corrected chi connectivity index (χ4v) is 2.54. The normalized spacial score (nSPS) is 13.4. The minimum Gasteiger partial charge on any atom is -0.325 e. The van der Waals surface area contributed by atoms with E-state index >= 15 is 0 Å². The van der Waals surface area contributed by atoms with Crippen LogP contribution in [0.1, 0.15) is 12.5 Å². The highest BCUT2D eigenvalue weighted by atomic mass is 127. The molecule has 2 atom stereocenters. The molecule has 21 heavy (non-hydrogen) atoms. The van der Waals surface area contributed by atoms with Crippen LogP contribution in [0, 0.1) is 0 Å². The minimum atomic E-state index is -0.250. The molecule has 0 fully saturated rings. The third-order valence-corrected chi connectivity index (χ3v) is 3.43. The monoisotopic (exact) mass is 394 g/mol. The van der Waals surface area contributed by atoms with Crippen molar-refractivity contribution in [1.82, 2.24) is 5.32 Å². The van der Waals surface area contributed by atoms with Crippen LogP contribution in [0.4, 0.5) is 5.69 Å². The molecule has 0 bridgehead atoms. The zero-order valence-corrected chi connectivity index (χ0v) is 14.1. The fourth-order valence-electron chi connectivity index (χ4n) is 2.11. The fraction of sp³-hybridized carbons (Fsp3) is 0.235. The van der Waals surface area contributed by atoms with E-state index in [0.29, 0.717) is 6.42 Å². The highest BCUT2D eigenvalue weighted by Crippen LogP contribution is 2.10. The Morgan fingerprint density at radius 2 is 1.62 bits per heavy atom. The van der Waals surface area contributed by atoms with Crippen LogP contribution in [0.3, 0.4) is 0 Å². The zero-order chi connectivity index (χ0) is 15.1. The smallest absolute Gasteiger partial charge is 0.241 e. The third-order valence-electron chi connectivity index (χ3n) is 3.07. The average Bonchev–Trinajstić information content (AvgIpc) is 2.48.